The molecule has 2 aromatic heterocycles. The summed E-state index contributed by atoms with van der Waals surface area (Å²) in [5.74, 6) is 0.610. The molecular weight excluding hydrogens is 266 g/mol. The Hall–Kier alpha value is -2.24. The van der Waals surface area contributed by atoms with Crippen LogP contribution in [0.2, 0.25) is 0 Å². The zero-order chi connectivity index (χ0) is 14.8. The van der Waals surface area contributed by atoms with Crippen LogP contribution in [0.25, 0.3) is 0 Å². The number of anilines is 2. The highest BCUT2D eigenvalue weighted by atomic mass is 16.5. The second-order valence-corrected chi connectivity index (χ2v) is 5.49. The van der Waals surface area contributed by atoms with Crippen LogP contribution >= 0.6 is 0 Å². The van der Waals surface area contributed by atoms with Gasteiger partial charge in [0.15, 0.2) is 0 Å². The highest BCUT2D eigenvalue weighted by Crippen LogP contribution is 2.36. The Morgan fingerprint density at radius 1 is 1.43 bits per heavy atom. The summed E-state index contributed by atoms with van der Waals surface area (Å²) < 4.78 is 7.63. The molecule has 2 aromatic rings. The summed E-state index contributed by atoms with van der Waals surface area (Å²) >= 11 is 0. The second kappa shape index (κ2) is 5.63. The van der Waals surface area contributed by atoms with Crippen LogP contribution in [0.5, 0.6) is 5.88 Å². The highest BCUT2D eigenvalue weighted by molar-refractivity contribution is 5.74. The molecule has 0 aliphatic heterocycles. The number of imidazole rings is 1. The monoisotopic (exact) mass is 287 g/mol. The van der Waals surface area contributed by atoms with E-state index < -0.39 is 0 Å². The maximum absolute atomic E-state index is 5.37. The van der Waals surface area contributed by atoms with Gasteiger partial charge in [-0.25, -0.2) is 9.97 Å². The van der Waals surface area contributed by atoms with Crippen LogP contribution in [0.4, 0.5) is 11.4 Å². The van der Waals surface area contributed by atoms with Crippen LogP contribution < -0.4 is 15.0 Å². The summed E-state index contributed by atoms with van der Waals surface area (Å²) in [5, 5.41) is 3.45. The molecule has 21 heavy (non-hydrogen) atoms. The minimum absolute atomic E-state index is 0.610. The van der Waals surface area contributed by atoms with Crippen LogP contribution in [-0.4, -0.2) is 35.7 Å². The Kier molecular flexibility index (Phi) is 3.68. The van der Waals surface area contributed by atoms with Gasteiger partial charge in [0.1, 0.15) is 5.69 Å². The molecule has 2 heterocycles. The molecule has 0 aromatic carbocycles. The van der Waals surface area contributed by atoms with Crippen molar-refractivity contribution < 1.29 is 4.74 Å². The average molecular weight is 287 g/mol. The van der Waals surface area contributed by atoms with E-state index in [1.54, 1.807) is 13.3 Å². The van der Waals surface area contributed by atoms with Crippen molar-refractivity contribution in [2.45, 2.75) is 25.4 Å². The summed E-state index contributed by atoms with van der Waals surface area (Å²) in [5.41, 5.74) is 3.15. The summed E-state index contributed by atoms with van der Waals surface area (Å²) in [6, 6.07) is 2.61. The third kappa shape index (κ3) is 2.79. The molecule has 0 spiro atoms. The van der Waals surface area contributed by atoms with Gasteiger partial charge in [0.25, 0.3) is 0 Å². The van der Waals surface area contributed by atoms with Crippen LogP contribution in [0.1, 0.15) is 24.6 Å². The number of rotatable bonds is 6. The predicted molar refractivity (Wildman–Crippen MR) is 82.9 cm³/mol. The van der Waals surface area contributed by atoms with Gasteiger partial charge in [-0.05, 0) is 18.9 Å². The lowest BCUT2D eigenvalue weighted by Gasteiger charge is -2.20. The molecule has 0 atom stereocenters. The van der Waals surface area contributed by atoms with Crippen molar-refractivity contribution in [1.82, 2.24) is 14.5 Å². The number of ether oxygens (including phenoxy) is 1. The number of nitrogens with one attached hydrogen (secondary N) is 1. The molecule has 0 radical (unpaired) electrons. The molecule has 1 aliphatic carbocycles. The van der Waals surface area contributed by atoms with Crippen LogP contribution in [0, 0.1) is 0 Å². The first-order valence-electron chi connectivity index (χ1n) is 7.15. The lowest BCUT2D eigenvalue weighted by Crippen LogP contribution is -2.14. The molecule has 6 nitrogen and oxygen atoms in total. The van der Waals surface area contributed by atoms with Gasteiger partial charge in [-0.3, -0.25) is 0 Å². The average Bonchev–Trinajstić information content (AvgIpc) is 3.23. The van der Waals surface area contributed by atoms with Gasteiger partial charge in [-0.2, -0.15) is 0 Å². The molecule has 1 aliphatic rings. The first-order chi connectivity index (χ1) is 10.2. The zero-order valence-corrected chi connectivity index (χ0v) is 12.7. The number of methoxy groups -OCH3 is 1. The third-order valence-corrected chi connectivity index (χ3v) is 3.70. The van der Waals surface area contributed by atoms with E-state index in [-0.39, 0.29) is 0 Å². The van der Waals surface area contributed by atoms with Crippen LogP contribution in [0.15, 0.2) is 24.8 Å². The molecule has 1 fully saturated rings. The van der Waals surface area contributed by atoms with Crippen molar-refractivity contribution in [1.29, 1.82) is 0 Å². The normalized spacial score (nSPS) is 14.0. The van der Waals surface area contributed by atoms with Crippen molar-refractivity contribution in [3.8, 4) is 5.88 Å². The van der Waals surface area contributed by atoms with E-state index in [4.69, 9.17) is 4.74 Å². The summed E-state index contributed by atoms with van der Waals surface area (Å²) in [4.78, 5) is 10.6. The van der Waals surface area contributed by atoms with E-state index in [1.807, 2.05) is 37.6 Å². The molecular formula is C15H21N5O. The number of aromatic nitrogens is 3. The molecule has 112 valence electrons. The van der Waals surface area contributed by atoms with E-state index in [1.165, 1.54) is 18.5 Å². The second-order valence-electron chi connectivity index (χ2n) is 5.49. The SMILES string of the molecule is COc1nccc(N(C)C)c1NCc1cncn1C1CC1. The summed E-state index contributed by atoms with van der Waals surface area (Å²) in [6.07, 6.45) is 8.10. The zero-order valence-electron chi connectivity index (χ0n) is 12.7. The van der Waals surface area contributed by atoms with Crippen LogP contribution in [0.3, 0.4) is 0 Å². The fraction of sp³-hybridized carbons (Fsp3) is 0.467. The first kappa shape index (κ1) is 13.7. The number of hydrogen-bond acceptors (Lipinski definition) is 5. The largest absolute Gasteiger partial charge is 0.479 e. The smallest absolute Gasteiger partial charge is 0.239 e. The summed E-state index contributed by atoms with van der Waals surface area (Å²) in [7, 11) is 5.66. The fourth-order valence-corrected chi connectivity index (χ4v) is 2.46. The lowest BCUT2D eigenvalue weighted by atomic mass is 10.3. The Bertz CT molecular complexity index is 618. The predicted octanol–water partition coefficient (Wildman–Crippen LogP) is 2.30. The number of nitrogens with zero attached hydrogens (tertiary/aromatic N) is 4. The van der Waals surface area contributed by atoms with Gasteiger partial charge in [0.05, 0.1) is 31.4 Å². The van der Waals surface area contributed by atoms with Crippen molar-refractivity contribution in [2.75, 3.05) is 31.4 Å². The highest BCUT2D eigenvalue weighted by Gasteiger charge is 2.25. The van der Waals surface area contributed by atoms with Gasteiger partial charge in [0, 0.05) is 32.5 Å². The molecule has 0 amide bonds. The molecule has 1 N–H and O–H groups in total. The van der Waals surface area contributed by atoms with Gasteiger partial charge in [0.2, 0.25) is 5.88 Å². The Labute approximate surface area is 124 Å². The minimum atomic E-state index is 0.610. The van der Waals surface area contributed by atoms with Gasteiger partial charge in [-0.1, -0.05) is 0 Å². The topological polar surface area (TPSA) is 55.2 Å². The van der Waals surface area contributed by atoms with Gasteiger partial charge >= 0.3 is 0 Å². The number of hydrogen-bond donors (Lipinski definition) is 1. The standard InChI is InChI=1S/C15H21N5O/c1-19(2)13-6-7-17-15(21-3)14(13)18-9-12-8-16-10-20(12)11-4-5-11/h6-8,10-11,18H,4-5,9H2,1-3H3. The molecule has 0 bridgehead atoms. The first-order valence-corrected chi connectivity index (χ1v) is 7.15. The summed E-state index contributed by atoms with van der Waals surface area (Å²) in [6.45, 7) is 0.708. The van der Waals surface area contributed by atoms with E-state index >= 15 is 0 Å². The third-order valence-electron chi connectivity index (χ3n) is 3.70. The van der Waals surface area contributed by atoms with Crippen LogP contribution in [-0.2, 0) is 6.54 Å². The van der Waals surface area contributed by atoms with E-state index in [2.05, 4.69) is 19.9 Å². The Balaban J connectivity index is 1.82. The van der Waals surface area contributed by atoms with E-state index in [0.29, 0.717) is 18.5 Å². The van der Waals surface area contributed by atoms with E-state index in [0.717, 1.165) is 11.4 Å². The van der Waals surface area contributed by atoms with Crippen molar-refractivity contribution in [3.05, 3.63) is 30.5 Å². The van der Waals surface area contributed by atoms with Crippen molar-refractivity contribution in [3.63, 3.8) is 0 Å². The quantitative estimate of drug-likeness (QED) is 0.883. The van der Waals surface area contributed by atoms with E-state index in [9.17, 15) is 0 Å². The Morgan fingerprint density at radius 2 is 2.24 bits per heavy atom. The fourth-order valence-electron chi connectivity index (χ4n) is 2.46. The maximum Gasteiger partial charge on any atom is 0.239 e. The molecule has 6 heteroatoms. The van der Waals surface area contributed by atoms with Crippen molar-refractivity contribution in [2.24, 2.45) is 0 Å². The van der Waals surface area contributed by atoms with Gasteiger partial charge < -0.3 is 19.5 Å². The maximum atomic E-state index is 5.37. The lowest BCUT2D eigenvalue weighted by molar-refractivity contribution is 0.399. The number of pyridine rings is 1. The Morgan fingerprint density at radius 3 is 2.90 bits per heavy atom. The molecule has 3 rings (SSSR count). The van der Waals surface area contributed by atoms with Crippen molar-refractivity contribution >= 4 is 11.4 Å². The molecule has 0 saturated heterocycles. The molecule has 0 unspecified atom stereocenters. The minimum Gasteiger partial charge on any atom is -0.479 e. The van der Waals surface area contributed by atoms with Gasteiger partial charge in [-0.15, -0.1) is 0 Å². The molecule has 1 saturated carbocycles.